The fourth-order valence-electron chi connectivity index (χ4n) is 3.09. The summed E-state index contributed by atoms with van der Waals surface area (Å²) in [6, 6.07) is 2.42. The first-order chi connectivity index (χ1) is 10.7. The lowest BCUT2D eigenvalue weighted by Crippen LogP contribution is -2.41. The maximum atomic E-state index is 11.5. The summed E-state index contributed by atoms with van der Waals surface area (Å²) in [6.07, 6.45) is 5.96. The Kier molecular flexibility index (Phi) is 6.30. The van der Waals surface area contributed by atoms with Crippen LogP contribution in [0.5, 0.6) is 0 Å². The van der Waals surface area contributed by atoms with E-state index >= 15 is 0 Å². The highest BCUT2D eigenvalue weighted by molar-refractivity contribution is 5.93. The zero-order valence-electron chi connectivity index (χ0n) is 13.4. The van der Waals surface area contributed by atoms with Gasteiger partial charge in [0.15, 0.2) is 0 Å². The molecular weight excluding hydrogens is 280 g/mol. The summed E-state index contributed by atoms with van der Waals surface area (Å²) in [5.74, 6) is -0.504. The normalized spacial score (nSPS) is 16.1. The number of amides is 1. The Balaban J connectivity index is 2.08. The van der Waals surface area contributed by atoms with E-state index in [1.54, 1.807) is 5.48 Å². The first-order valence-corrected chi connectivity index (χ1v) is 8.00. The van der Waals surface area contributed by atoms with Crippen LogP contribution >= 0.6 is 0 Å². The Labute approximate surface area is 131 Å². The monoisotopic (exact) mass is 306 g/mol. The van der Waals surface area contributed by atoms with E-state index in [0.717, 1.165) is 43.7 Å². The third kappa shape index (κ3) is 4.03. The highest BCUT2D eigenvalue weighted by Crippen LogP contribution is 2.22. The molecule has 0 aliphatic carbocycles. The molecular formula is C16H26N4O2. The predicted molar refractivity (Wildman–Crippen MR) is 84.8 cm³/mol. The van der Waals surface area contributed by atoms with E-state index in [0.29, 0.717) is 11.6 Å². The number of fused-ring (bicyclic) bond motifs is 1. The summed E-state index contributed by atoms with van der Waals surface area (Å²) in [5, 5.41) is 11.9. The number of carbonyl (C=O) groups is 1. The van der Waals surface area contributed by atoms with Crippen LogP contribution in [0.25, 0.3) is 0 Å². The maximum absolute atomic E-state index is 11.5. The lowest BCUT2D eigenvalue weighted by Gasteiger charge is -2.35. The van der Waals surface area contributed by atoms with Crippen molar-refractivity contribution in [2.75, 3.05) is 20.1 Å². The molecule has 1 aromatic rings. The van der Waals surface area contributed by atoms with Gasteiger partial charge in [0, 0.05) is 25.3 Å². The topological polar surface area (TPSA) is 77.5 Å². The predicted octanol–water partition coefficient (Wildman–Crippen LogP) is 1.34. The summed E-state index contributed by atoms with van der Waals surface area (Å²) >= 11 is 0. The Bertz CT molecular complexity index is 507. The van der Waals surface area contributed by atoms with Crippen LogP contribution in [0.15, 0.2) is 12.3 Å². The first-order valence-electron chi connectivity index (χ1n) is 8.00. The quantitative estimate of drug-likeness (QED) is 0.523. The van der Waals surface area contributed by atoms with Gasteiger partial charge in [0.25, 0.3) is 5.91 Å². The highest BCUT2D eigenvalue weighted by atomic mass is 16.5. The van der Waals surface area contributed by atoms with E-state index in [-0.39, 0.29) is 0 Å². The van der Waals surface area contributed by atoms with E-state index in [9.17, 15) is 4.79 Å². The van der Waals surface area contributed by atoms with Crippen molar-refractivity contribution >= 4 is 5.91 Å². The molecule has 1 unspecified atom stereocenters. The van der Waals surface area contributed by atoms with Crippen LogP contribution in [0, 0.1) is 0 Å². The minimum Gasteiger partial charge on any atom is -0.320 e. The molecule has 0 aromatic carbocycles. The van der Waals surface area contributed by atoms with E-state index in [1.165, 1.54) is 19.0 Å². The van der Waals surface area contributed by atoms with E-state index < -0.39 is 5.91 Å². The molecule has 1 aromatic heterocycles. The molecule has 2 rings (SSSR count). The van der Waals surface area contributed by atoms with Gasteiger partial charge in [0.1, 0.15) is 0 Å². The molecule has 6 nitrogen and oxygen atoms in total. The van der Waals surface area contributed by atoms with Crippen LogP contribution in [0.3, 0.4) is 0 Å². The third-order valence-corrected chi connectivity index (χ3v) is 4.31. The van der Waals surface area contributed by atoms with Crippen LogP contribution in [0.4, 0.5) is 0 Å². The fraction of sp³-hybridized carbons (Fsp3) is 0.625. The third-order valence-electron chi connectivity index (χ3n) is 4.31. The Morgan fingerprint density at radius 1 is 1.50 bits per heavy atom. The van der Waals surface area contributed by atoms with Gasteiger partial charge in [-0.2, -0.15) is 0 Å². The van der Waals surface area contributed by atoms with Gasteiger partial charge < -0.3 is 5.32 Å². The number of hydrogen-bond acceptors (Lipinski definition) is 5. The summed E-state index contributed by atoms with van der Waals surface area (Å²) in [5.41, 5.74) is 4.23. The number of hydroxylamine groups is 1. The number of nitrogens with zero attached hydrogens (tertiary/aromatic N) is 2. The van der Waals surface area contributed by atoms with Gasteiger partial charge in [-0.05, 0) is 44.5 Å². The molecule has 0 fully saturated rings. The zero-order chi connectivity index (χ0) is 15.9. The number of aromatic nitrogens is 1. The summed E-state index contributed by atoms with van der Waals surface area (Å²) in [4.78, 5) is 18.4. The van der Waals surface area contributed by atoms with Crippen molar-refractivity contribution in [3.63, 3.8) is 0 Å². The van der Waals surface area contributed by atoms with Gasteiger partial charge in [0.2, 0.25) is 0 Å². The summed E-state index contributed by atoms with van der Waals surface area (Å²) < 4.78 is 0. The molecule has 0 saturated heterocycles. The van der Waals surface area contributed by atoms with Crippen molar-refractivity contribution in [1.29, 1.82) is 0 Å². The molecule has 0 saturated carbocycles. The molecule has 1 amide bonds. The van der Waals surface area contributed by atoms with E-state index in [1.807, 2.05) is 13.1 Å². The molecule has 1 aliphatic rings. The second-order valence-electron chi connectivity index (χ2n) is 5.83. The summed E-state index contributed by atoms with van der Waals surface area (Å²) in [6.45, 7) is 5.08. The lowest BCUT2D eigenvalue weighted by atomic mass is 9.98. The molecule has 1 aliphatic heterocycles. The smallest absolute Gasteiger partial charge is 0.276 e. The molecule has 122 valence electrons. The fourth-order valence-corrected chi connectivity index (χ4v) is 3.09. The van der Waals surface area contributed by atoms with Gasteiger partial charge in [-0.1, -0.05) is 13.3 Å². The molecule has 2 heterocycles. The van der Waals surface area contributed by atoms with Crippen molar-refractivity contribution in [2.24, 2.45) is 0 Å². The van der Waals surface area contributed by atoms with Crippen LogP contribution in [0.1, 0.15) is 47.8 Å². The minimum absolute atomic E-state index is 0.412. The van der Waals surface area contributed by atoms with E-state index in [2.05, 4.69) is 22.1 Å². The van der Waals surface area contributed by atoms with Crippen molar-refractivity contribution in [2.45, 2.75) is 45.2 Å². The lowest BCUT2D eigenvalue weighted by molar-refractivity contribution is 0.0705. The highest BCUT2D eigenvalue weighted by Gasteiger charge is 2.24. The standard InChI is InChI=1S/C16H26N4O2/c1-3-4-14(5-7-17-2)20-8-6-12-9-13(16(21)19-22)10-18-15(12)11-20/h9-10,14,17,22H,3-8,11H2,1-2H3,(H,19,21). The van der Waals surface area contributed by atoms with Crippen LogP contribution in [-0.2, 0) is 13.0 Å². The molecule has 6 heteroatoms. The van der Waals surface area contributed by atoms with E-state index in [4.69, 9.17) is 5.21 Å². The molecule has 3 N–H and O–H groups in total. The van der Waals surface area contributed by atoms with Gasteiger partial charge >= 0.3 is 0 Å². The zero-order valence-corrected chi connectivity index (χ0v) is 13.4. The van der Waals surface area contributed by atoms with Crippen LogP contribution in [0.2, 0.25) is 0 Å². The molecule has 1 atom stereocenters. The number of hydrogen-bond donors (Lipinski definition) is 3. The molecule has 22 heavy (non-hydrogen) atoms. The van der Waals surface area contributed by atoms with Crippen molar-refractivity contribution < 1.29 is 10.0 Å². The second-order valence-corrected chi connectivity index (χ2v) is 5.83. The van der Waals surface area contributed by atoms with Gasteiger partial charge in [0.05, 0.1) is 11.3 Å². The second kappa shape index (κ2) is 8.22. The Morgan fingerprint density at radius 2 is 2.32 bits per heavy atom. The average Bonchev–Trinajstić information content (AvgIpc) is 2.57. The number of carbonyl (C=O) groups excluding carboxylic acids is 1. The average molecular weight is 306 g/mol. The van der Waals surface area contributed by atoms with Crippen LogP contribution < -0.4 is 10.8 Å². The van der Waals surface area contributed by atoms with Crippen LogP contribution in [-0.4, -0.2) is 47.2 Å². The SMILES string of the molecule is CCCC(CCNC)N1CCc2cc(C(=O)NO)cnc2C1. The molecule has 0 spiro atoms. The Morgan fingerprint density at radius 3 is 3.00 bits per heavy atom. The van der Waals surface area contributed by atoms with Gasteiger partial charge in [-0.3, -0.25) is 19.9 Å². The summed E-state index contributed by atoms with van der Waals surface area (Å²) in [7, 11) is 1.99. The maximum Gasteiger partial charge on any atom is 0.276 e. The first kappa shape index (κ1) is 16.9. The molecule has 0 radical (unpaired) electrons. The minimum atomic E-state index is -0.504. The number of rotatable bonds is 7. The van der Waals surface area contributed by atoms with Crippen molar-refractivity contribution in [1.82, 2.24) is 20.7 Å². The Hall–Kier alpha value is -1.50. The van der Waals surface area contributed by atoms with Crippen molar-refractivity contribution in [3.05, 3.63) is 29.1 Å². The largest absolute Gasteiger partial charge is 0.320 e. The number of nitrogens with one attached hydrogen (secondary N) is 2. The number of pyridine rings is 1. The van der Waals surface area contributed by atoms with Gasteiger partial charge in [-0.15, -0.1) is 0 Å². The molecule has 0 bridgehead atoms. The van der Waals surface area contributed by atoms with Gasteiger partial charge in [-0.25, -0.2) is 5.48 Å². The van der Waals surface area contributed by atoms with Crippen molar-refractivity contribution in [3.8, 4) is 0 Å².